The number of unbranched alkanes of at least 4 members (excludes halogenated alkanes) is 3. The SMILES string of the molecule is CCCCCCN1CCNC(CC)CC1. The zero-order valence-electron chi connectivity index (χ0n) is 10.6. The number of rotatable bonds is 6. The second-order valence-electron chi connectivity index (χ2n) is 4.75. The van der Waals surface area contributed by atoms with E-state index in [0.29, 0.717) is 0 Å². The van der Waals surface area contributed by atoms with Gasteiger partial charge in [0, 0.05) is 19.1 Å². The van der Waals surface area contributed by atoms with Gasteiger partial charge in [0.05, 0.1) is 0 Å². The maximum Gasteiger partial charge on any atom is 0.0107 e. The van der Waals surface area contributed by atoms with Crippen LogP contribution < -0.4 is 5.32 Å². The fourth-order valence-electron chi connectivity index (χ4n) is 2.31. The number of nitrogens with one attached hydrogen (secondary N) is 1. The van der Waals surface area contributed by atoms with Crippen molar-refractivity contribution in [3.63, 3.8) is 0 Å². The Bertz CT molecular complexity index is 147. The molecule has 1 rings (SSSR count). The Morgan fingerprint density at radius 2 is 2.00 bits per heavy atom. The van der Waals surface area contributed by atoms with Gasteiger partial charge in [0.15, 0.2) is 0 Å². The van der Waals surface area contributed by atoms with Crippen molar-refractivity contribution in [2.45, 2.75) is 58.4 Å². The van der Waals surface area contributed by atoms with E-state index in [4.69, 9.17) is 0 Å². The van der Waals surface area contributed by atoms with Crippen molar-refractivity contribution < 1.29 is 0 Å². The predicted molar refractivity (Wildman–Crippen MR) is 67.3 cm³/mol. The van der Waals surface area contributed by atoms with E-state index in [0.717, 1.165) is 6.04 Å². The first-order valence-corrected chi connectivity index (χ1v) is 6.82. The highest BCUT2D eigenvalue weighted by Crippen LogP contribution is 2.07. The average Bonchev–Trinajstić information content (AvgIpc) is 2.49. The van der Waals surface area contributed by atoms with Crippen molar-refractivity contribution in [3.8, 4) is 0 Å². The highest BCUT2D eigenvalue weighted by atomic mass is 15.2. The Morgan fingerprint density at radius 3 is 2.73 bits per heavy atom. The topological polar surface area (TPSA) is 15.3 Å². The molecule has 1 unspecified atom stereocenters. The van der Waals surface area contributed by atoms with Crippen LogP contribution in [-0.2, 0) is 0 Å². The summed E-state index contributed by atoms with van der Waals surface area (Å²) in [5.74, 6) is 0. The summed E-state index contributed by atoms with van der Waals surface area (Å²) in [6.07, 6.45) is 8.18. The van der Waals surface area contributed by atoms with Gasteiger partial charge in [0.1, 0.15) is 0 Å². The van der Waals surface area contributed by atoms with Crippen LogP contribution in [0.15, 0.2) is 0 Å². The molecule has 90 valence electrons. The molecule has 0 aromatic carbocycles. The number of hydrogen-bond donors (Lipinski definition) is 1. The van der Waals surface area contributed by atoms with Crippen molar-refractivity contribution in [1.82, 2.24) is 10.2 Å². The standard InChI is InChI=1S/C13H28N2/c1-3-5-6-7-10-15-11-8-13(4-2)14-9-12-15/h13-14H,3-12H2,1-2H3. The van der Waals surface area contributed by atoms with Gasteiger partial charge in [-0.25, -0.2) is 0 Å². The van der Waals surface area contributed by atoms with Crippen LogP contribution in [0.4, 0.5) is 0 Å². The van der Waals surface area contributed by atoms with Crippen molar-refractivity contribution >= 4 is 0 Å². The van der Waals surface area contributed by atoms with Gasteiger partial charge in [-0.2, -0.15) is 0 Å². The van der Waals surface area contributed by atoms with Gasteiger partial charge >= 0.3 is 0 Å². The summed E-state index contributed by atoms with van der Waals surface area (Å²) in [6.45, 7) is 9.63. The molecule has 1 heterocycles. The minimum atomic E-state index is 0.769. The highest BCUT2D eigenvalue weighted by Gasteiger charge is 2.13. The summed E-state index contributed by atoms with van der Waals surface area (Å²) in [7, 11) is 0. The lowest BCUT2D eigenvalue weighted by Crippen LogP contribution is -2.30. The lowest BCUT2D eigenvalue weighted by atomic mass is 10.1. The van der Waals surface area contributed by atoms with Crippen LogP contribution in [0.1, 0.15) is 52.4 Å². The van der Waals surface area contributed by atoms with Gasteiger partial charge in [-0.3, -0.25) is 0 Å². The van der Waals surface area contributed by atoms with Crippen molar-refractivity contribution in [2.75, 3.05) is 26.2 Å². The van der Waals surface area contributed by atoms with Crippen LogP contribution in [0.5, 0.6) is 0 Å². The first-order valence-electron chi connectivity index (χ1n) is 6.82. The van der Waals surface area contributed by atoms with Gasteiger partial charge in [-0.1, -0.05) is 33.1 Å². The van der Waals surface area contributed by atoms with E-state index < -0.39 is 0 Å². The van der Waals surface area contributed by atoms with Gasteiger partial charge < -0.3 is 10.2 Å². The van der Waals surface area contributed by atoms with Crippen LogP contribution in [0.25, 0.3) is 0 Å². The second kappa shape index (κ2) is 8.12. The smallest absolute Gasteiger partial charge is 0.0107 e. The monoisotopic (exact) mass is 212 g/mol. The molecular weight excluding hydrogens is 184 g/mol. The molecule has 1 fully saturated rings. The van der Waals surface area contributed by atoms with Crippen LogP contribution in [0, 0.1) is 0 Å². The molecule has 0 aromatic heterocycles. The Hall–Kier alpha value is -0.0800. The molecule has 2 nitrogen and oxygen atoms in total. The van der Waals surface area contributed by atoms with E-state index in [1.807, 2.05) is 0 Å². The van der Waals surface area contributed by atoms with E-state index in [2.05, 4.69) is 24.1 Å². The molecule has 0 radical (unpaired) electrons. The maximum atomic E-state index is 3.62. The van der Waals surface area contributed by atoms with Gasteiger partial charge in [-0.05, 0) is 32.4 Å². The second-order valence-corrected chi connectivity index (χ2v) is 4.75. The Kier molecular flexibility index (Phi) is 7.03. The average molecular weight is 212 g/mol. The normalized spacial score (nSPS) is 24.0. The predicted octanol–water partition coefficient (Wildman–Crippen LogP) is 2.64. The van der Waals surface area contributed by atoms with Crippen LogP contribution in [-0.4, -0.2) is 37.1 Å². The summed E-state index contributed by atoms with van der Waals surface area (Å²) >= 11 is 0. The van der Waals surface area contributed by atoms with Crippen LogP contribution >= 0.6 is 0 Å². The highest BCUT2D eigenvalue weighted by molar-refractivity contribution is 4.73. The van der Waals surface area contributed by atoms with Crippen LogP contribution in [0.2, 0.25) is 0 Å². The molecule has 0 bridgehead atoms. The molecule has 1 atom stereocenters. The molecule has 1 aliphatic heterocycles. The Morgan fingerprint density at radius 1 is 1.13 bits per heavy atom. The minimum absolute atomic E-state index is 0.769. The van der Waals surface area contributed by atoms with Crippen molar-refractivity contribution in [3.05, 3.63) is 0 Å². The Labute approximate surface area is 95.4 Å². The van der Waals surface area contributed by atoms with E-state index >= 15 is 0 Å². The minimum Gasteiger partial charge on any atom is -0.313 e. The molecule has 15 heavy (non-hydrogen) atoms. The molecule has 2 heteroatoms. The zero-order valence-corrected chi connectivity index (χ0v) is 10.6. The van der Waals surface area contributed by atoms with E-state index in [1.165, 1.54) is 64.7 Å². The molecule has 1 N–H and O–H groups in total. The first kappa shape index (κ1) is 13.0. The number of hydrogen-bond acceptors (Lipinski definition) is 2. The molecule has 0 aliphatic carbocycles. The molecule has 0 spiro atoms. The van der Waals surface area contributed by atoms with E-state index in [-0.39, 0.29) is 0 Å². The molecule has 0 saturated carbocycles. The van der Waals surface area contributed by atoms with Crippen molar-refractivity contribution in [2.24, 2.45) is 0 Å². The lowest BCUT2D eigenvalue weighted by molar-refractivity contribution is 0.282. The lowest BCUT2D eigenvalue weighted by Gasteiger charge is -2.19. The summed E-state index contributed by atoms with van der Waals surface area (Å²) in [5, 5.41) is 3.62. The fraction of sp³-hybridized carbons (Fsp3) is 1.00. The van der Waals surface area contributed by atoms with Gasteiger partial charge in [0.25, 0.3) is 0 Å². The third-order valence-corrected chi connectivity index (χ3v) is 3.48. The zero-order chi connectivity index (χ0) is 10.9. The summed E-state index contributed by atoms with van der Waals surface area (Å²) in [4.78, 5) is 2.64. The van der Waals surface area contributed by atoms with Crippen molar-refractivity contribution in [1.29, 1.82) is 0 Å². The quantitative estimate of drug-likeness (QED) is 0.681. The maximum absolute atomic E-state index is 3.62. The van der Waals surface area contributed by atoms with E-state index in [9.17, 15) is 0 Å². The first-order chi connectivity index (χ1) is 7.36. The van der Waals surface area contributed by atoms with Gasteiger partial charge in [0.2, 0.25) is 0 Å². The number of nitrogens with zero attached hydrogens (tertiary/aromatic N) is 1. The largest absolute Gasteiger partial charge is 0.313 e. The van der Waals surface area contributed by atoms with E-state index in [1.54, 1.807) is 0 Å². The Balaban J connectivity index is 2.08. The molecular formula is C13H28N2. The fourth-order valence-corrected chi connectivity index (χ4v) is 2.31. The summed E-state index contributed by atoms with van der Waals surface area (Å²) in [6, 6.07) is 0.769. The third kappa shape index (κ3) is 5.53. The summed E-state index contributed by atoms with van der Waals surface area (Å²) in [5.41, 5.74) is 0. The molecule has 1 saturated heterocycles. The van der Waals surface area contributed by atoms with Gasteiger partial charge in [-0.15, -0.1) is 0 Å². The molecule has 1 aliphatic rings. The molecule has 0 amide bonds. The molecule has 0 aromatic rings. The third-order valence-electron chi connectivity index (χ3n) is 3.48. The van der Waals surface area contributed by atoms with Crippen LogP contribution in [0.3, 0.4) is 0 Å². The summed E-state index contributed by atoms with van der Waals surface area (Å²) < 4.78 is 0.